The summed E-state index contributed by atoms with van der Waals surface area (Å²) in [5.74, 6) is -0.0591. The van der Waals surface area contributed by atoms with Gasteiger partial charge in [-0.2, -0.15) is 0 Å². The molecule has 26 heavy (non-hydrogen) atoms. The minimum Gasteiger partial charge on any atom is -0.371 e. The maximum Gasteiger partial charge on any atom is 0.156 e. The summed E-state index contributed by atoms with van der Waals surface area (Å²) in [6.07, 6.45) is 2.22. The molecule has 1 unspecified atom stereocenters. The molecule has 4 rings (SSSR count). The van der Waals surface area contributed by atoms with Gasteiger partial charge in [-0.1, -0.05) is 19.1 Å². The van der Waals surface area contributed by atoms with Crippen molar-refractivity contribution in [1.82, 2.24) is 4.98 Å². The number of benzene rings is 2. The van der Waals surface area contributed by atoms with E-state index in [0.717, 1.165) is 37.1 Å². The lowest BCUT2D eigenvalue weighted by atomic mass is 10.1. The lowest BCUT2D eigenvalue weighted by Crippen LogP contribution is -2.19. The van der Waals surface area contributed by atoms with Crippen molar-refractivity contribution in [3.05, 3.63) is 48.3 Å². The molecule has 2 aromatic carbocycles. The van der Waals surface area contributed by atoms with E-state index in [1.165, 1.54) is 0 Å². The maximum absolute atomic E-state index is 15.1. The number of nitrogens with zero attached hydrogens (tertiary/aromatic N) is 1. The first-order valence-electron chi connectivity index (χ1n) is 8.93. The minimum absolute atomic E-state index is 0.241. The first kappa shape index (κ1) is 17.1. The summed E-state index contributed by atoms with van der Waals surface area (Å²) < 4.78 is 35.8. The molecule has 136 valence electrons. The second-order valence-corrected chi connectivity index (χ2v) is 9.10. The van der Waals surface area contributed by atoms with Crippen LogP contribution in [0.3, 0.4) is 0 Å². The first-order chi connectivity index (χ1) is 12.5. The van der Waals surface area contributed by atoms with Gasteiger partial charge in [0.25, 0.3) is 0 Å². The monoisotopic (exact) mass is 371 g/mol. The molecule has 1 atom stereocenters. The predicted octanol–water partition coefficient (Wildman–Crippen LogP) is 5.00. The van der Waals surface area contributed by atoms with Gasteiger partial charge in [0.2, 0.25) is 0 Å². The van der Waals surface area contributed by atoms with Crippen LogP contribution in [0, 0.1) is 10.6 Å². The van der Waals surface area contributed by atoms with Crippen LogP contribution in [-0.2, 0) is 9.73 Å². The molecule has 1 aliphatic rings. The van der Waals surface area contributed by atoms with E-state index in [2.05, 4.69) is 9.88 Å². The van der Waals surface area contributed by atoms with E-state index < -0.39 is 9.73 Å². The zero-order valence-electron chi connectivity index (χ0n) is 14.7. The quantitative estimate of drug-likeness (QED) is 0.678. The summed E-state index contributed by atoms with van der Waals surface area (Å²) in [5, 5.41) is 0.544. The molecule has 1 aromatic heterocycles. The molecule has 4 nitrogen and oxygen atoms in total. The molecular formula is C20H22FN3OS. The molecule has 0 aliphatic carbocycles. The SMILES string of the molecule is CCS(=N)(=O)c1ccc(N2CCCC2)c(-c2[nH]c3ccccc3c2F)c1. The third-order valence-electron chi connectivity index (χ3n) is 5.11. The maximum atomic E-state index is 15.1. The number of hydrogen-bond donors (Lipinski definition) is 2. The van der Waals surface area contributed by atoms with E-state index in [9.17, 15) is 4.21 Å². The Hall–Kier alpha value is -2.34. The van der Waals surface area contributed by atoms with Gasteiger partial charge in [-0.15, -0.1) is 0 Å². The second kappa shape index (κ2) is 6.43. The van der Waals surface area contributed by atoms with E-state index in [1.54, 1.807) is 25.1 Å². The van der Waals surface area contributed by atoms with Crippen LogP contribution in [0.2, 0.25) is 0 Å². The van der Waals surface area contributed by atoms with Crippen molar-refractivity contribution < 1.29 is 8.60 Å². The molecule has 1 saturated heterocycles. The molecule has 0 spiro atoms. The van der Waals surface area contributed by atoms with Crippen LogP contribution >= 0.6 is 0 Å². The molecule has 3 aromatic rings. The van der Waals surface area contributed by atoms with Crippen molar-refractivity contribution in [2.75, 3.05) is 23.7 Å². The van der Waals surface area contributed by atoms with E-state index in [-0.39, 0.29) is 11.6 Å². The number of nitrogens with one attached hydrogen (secondary N) is 2. The van der Waals surface area contributed by atoms with Crippen molar-refractivity contribution in [3.8, 4) is 11.3 Å². The highest BCUT2D eigenvalue weighted by Crippen LogP contribution is 2.38. The summed E-state index contributed by atoms with van der Waals surface area (Å²) >= 11 is 0. The number of rotatable bonds is 4. The summed E-state index contributed by atoms with van der Waals surface area (Å²) in [6.45, 7) is 3.60. The van der Waals surface area contributed by atoms with Crippen LogP contribution in [-0.4, -0.2) is 28.0 Å². The Morgan fingerprint density at radius 1 is 1.19 bits per heavy atom. The van der Waals surface area contributed by atoms with Crippen molar-refractivity contribution in [1.29, 1.82) is 4.78 Å². The Morgan fingerprint density at radius 3 is 2.62 bits per heavy atom. The van der Waals surface area contributed by atoms with Crippen LogP contribution < -0.4 is 4.90 Å². The van der Waals surface area contributed by atoms with Gasteiger partial charge in [-0.3, -0.25) is 0 Å². The smallest absolute Gasteiger partial charge is 0.156 e. The summed E-state index contributed by atoms with van der Waals surface area (Å²) in [6, 6.07) is 12.7. The summed E-state index contributed by atoms with van der Waals surface area (Å²) in [5.41, 5.74) is 2.76. The van der Waals surface area contributed by atoms with Gasteiger partial charge in [0.15, 0.2) is 5.82 Å². The first-order valence-corrected chi connectivity index (χ1v) is 10.7. The lowest BCUT2D eigenvalue weighted by molar-refractivity contribution is 0.643. The fourth-order valence-electron chi connectivity index (χ4n) is 3.61. The molecule has 2 N–H and O–H groups in total. The lowest BCUT2D eigenvalue weighted by Gasteiger charge is -2.22. The normalized spacial score (nSPS) is 16.9. The van der Waals surface area contributed by atoms with Crippen LogP contribution in [0.15, 0.2) is 47.4 Å². The molecule has 0 radical (unpaired) electrons. The molecule has 6 heteroatoms. The van der Waals surface area contributed by atoms with Gasteiger partial charge in [-0.25, -0.2) is 13.4 Å². The van der Waals surface area contributed by atoms with Crippen LogP contribution in [0.5, 0.6) is 0 Å². The number of aromatic nitrogens is 1. The average molecular weight is 371 g/mol. The van der Waals surface area contributed by atoms with E-state index >= 15 is 4.39 Å². The Labute approximate surface area is 153 Å². The number of anilines is 1. The number of hydrogen-bond acceptors (Lipinski definition) is 3. The Morgan fingerprint density at radius 2 is 1.92 bits per heavy atom. The van der Waals surface area contributed by atoms with Crippen LogP contribution in [0.25, 0.3) is 22.2 Å². The Kier molecular flexibility index (Phi) is 4.23. The zero-order chi connectivity index (χ0) is 18.3. The second-order valence-electron chi connectivity index (χ2n) is 6.70. The number of H-pyrrole nitrogens is 1. The van der Waals surface area contributed by atoms with Crippen molar-refractivity contribution in [2.24, 2.45) is 0 Å². The fourth-order valence-corrected chi connectivity index (χ4v) is 4.54. The highest BCUT2D eigenvalue weighted by molar-refractivity contribution is 7.92. The molecule has 1 fully saturated rings. The molecule has 1 aliphatic heterocycles. The topological polar surface area (TPSA) is 60.0 Å². The van der Waals surface area contributed by atoms with Crippen molar-refractivity contribution in [3.63, 3.8) is 0 Å². The molecule has 2 heterocycles. The highest BCUT2D eigenvalue weighted by atomic mass is 32.2. The molecule has 0 saturated carbocycles. The fraction of sp³-hybridized carbons (Fsp3) is 0.300. The van der Waals surface area contributed by atoms with Crippen LogP contribution in [0.1, 0.15) is 19.8 Å². The largest absolute Gasteiger partial charge is 0.371 e. The Balaban J connectivity index is 1.96. The number of para-hydroxylation sites is 1. The number of fused-ring (bicyclic) bond motifs is 1. The van der Waals surface area contributed by atoms with Gasteiger partial charge in [-0.05, 0) is 43.2 Å². The third-order valence-corrected chi connectivity index (χ3v) is 6.94. The Bertz CT molecular complexity index is 1070. The molecule has 0 amide bonds. The molecule has 0 bridgehead atoms. The van der Waals surface area contributed by atoms with E-state index in [0.29, 0.717) is 21.5 Å². The third kappa shape index (κ3) is 2.78. The predicted molar refractivity (Wildman–Crippen MR) is 105 cm³/mol. The standard InChI is InChI=1S/C20H22FN3OS/c1-2-26(22,25)14-9-10-18(24-11-5-6-12-24)16(13-14)20-19(21)15-7-3-4-8-17(15)23-20/h3-4,7-10,13,22-23H,2,5-6,11-12H2,1H3. The van der Waals surface area contributed by atoms with Gasteiger partial charge in [0.1, 0.15) is 0 Å². The number of halogens is 1. The van der Waals surface area contributed by atoms with Gasteiger partial charge in [0, 0.05) is 45.9 Å². The van der Waals surface area contributed by atoms with E-state index in [4.69, 9.17) is 4.78 Å². The minimum atomic E-state index is -2.87. The molecular weight excluding hydrogens is 349 g/mol. The van der Waals surface area contributed by atoms with Gasteiger partial charge >= 0.3 is 0 Å². The van der Waals surface area contributed by atoms with Gasteiger partial charge < -0.3 is 9.88 Å². The number of aromatic amines is 1. The van der Waals surface area contributed by atoms with Crippen molar-refractivity contribution >= 4 is 26.3 Å². The zero-order valence-corrected chi connectivity index (χ0v) is 15.5. The average Bonchev–Trinajstić information content (AvgIpc) is 3.30. The highest BCUT2D eigenvalue weighted by Gasteiger charge is 2.22. The van der Waals surface area contributed by atoms with E-state index in [1.807, 2.05) is 24.3 Å². The summed E-state index contributed by atoms with van der Waals surface area (Å²) in [4.78, 5) is 5.88. The van der Waals surface area contributed by atoms with Crippen molar-refractivity contribution in [2.45, 2.75) is 24.7 Å². The van der Waals surface area contributed by atoms with Crippen LogP contribution in [0.4, 0.5) is 10.1 Å². The van der Waals surface area contributed by atoms with Gasteiger partial charge in [0.05, 0.1) is 15.4 Å². The summed E-state index contributed by atoms with van der Waals surface area (Å²) in [7, 11) is -2.87.